The number of hydrogen-bond donors (Lipinski definition) is 1. The molecule has 0 radical (unpaired) electrons. The summed E-state index contributed by atoms with van der Waals surface area (Å²) in [6.07, 6.45) is 1.62. The van der Waals surface area contributed by atoms with Crippen molar-refractivity contribution in [3.63, 3.8) is 0 Å². The minimum absolute atomic E-state index is 0.0644. The quantitative estimate of drug-likeness (QED) is 0.279. The lowest BCUT2D eigenvalue weighted by molar-refractivity contribution is 0.563. The van der Waals surface area contributed by atoms with Gasteiger partial charge in [0, 0.05) is 16.7 Å². The second kappa shape index (κ2) is 9.06. The Hall–Kier alpha value is -4.58. The van der Waals surface area contributed by atoms with Gasteiger partial charge in [0.15, 0.2) is 20.9 Å². The summed E-state index contributed by atoms with van der Waals surface area (Å²) in [5, 5.41) is 20.7. The molecule has 0 aromatic heterocycles. The van der Waals surface area contributed by atoms with Crippen molar-refractivity contribution in [1.82, 2.24) is 0 Å². The van der Waals surface area contributed by atoms with Crippen molar-refractivity contribution >= 4 is 32.3 Å². The van der Waals surface area contributed by atoms with Crippen LogP contribution in [0.2, 0.25) is 0 Å². The maximum absolute atomic E-state index is 12.2. The Kier molecular flexibility index (Phi) is 5.98. The van der Waals surface area contributed by atoms with Crippen molar-refractivity contribution < 1.29 is 17.2 Å². The molecule has 2 aliphatic rings. The van der Waals surface area contributed by atoms with Gasteiger partial charge in [-0.2, -0.15) is 0 Å². The molecule has 10 heteroatoms. The molecule has 8 nitrogen and oxygen atoms in total. The molecule has 2 aliphatic carbocycles. The summed E-state index contributed by atoms with van der Waals surface area (Å²) in [7, 11) is -3.50. The Morgan fingerprint density at radius 1 is 0.947 bits per heavy atom. The van der Waals surface area contributed by atoms with Crippen molar-refractivity contribution in [2.24, 2.45) is 0 Å². The third kappa shape index (κ3) is 3.80. The number of hydrogen-bond acceptors (Lipinski definition) is 5. The molecule has 0 spiro atoms. The van der Waals surface area contributed by atoms with Gasteiger partial charge < -0.3 is 4.55 Å². The van der Waals surface area contributed by atoms with Crippen LogP contribution in [0.15, 0.2) is 41.3 Å². The van der Waals surface area contributed by atoms with E-state index in [1.54, 1.807) is 30.3 Å². The number of nitrogens with zero attached hydrogens (tertiary/aromatic N) is 4. The number of fused-ring (bicyclic) bond motifs is 6. The van der Waals surface area contributed by atoms with E-state index < -0.39 is 20.9 Å². The molecular formula is C28H16N4O4S2. The predicted octanol–water partition coefficient (Wildman–Crippen LogP) is 3.06. The molecular weight excluding hydrogens is 520 g/mol. The van der Waals surface area contributed by atoms with Crippen LogP contribution in [0.5, 0.6) is 0 Å². The minimum atomic E-state index is -3.50. The van der Waals surface area contributed by atoms with Crippen molar-refractivity contribution in [3.05, 3.63) is 97.5 Å². The lowest BCUT2D eigenvalue weighted by Gasteiger charge is -2.13. The second-order valence-corrected chi connectivity index (χ2v) is 12.0. The van der Waals surface area contributed by atoms with Gasteiger partial charge in [0.2, 0.25) is 0 Å². The summed E-state index contributed by atoms with van der Waals surface area (Å²) in [5.41, 5.74) is 5.55. The van der Waals surface area contributed by atoms with Crippen LogP contribution in [0.1, 0.15) is 27.8 Å². The summed E-state index contributed by atoms with van der Waals surface area (Å²) in [6.45, 7) is 15.4. The fourth-order valence-corrected chi connectivity index (χ4v) is 6.58. The van der Waals surface area contributed by atoms with Crippen LogP contribution in [0.25, 0.3) is 43.3 Å². The highest BCUT2D eigenvalue weighted by atomic mass is 32.2. The van der Waals surface area contributed by atoms with E-state index in [9.17, 15) is 27.7 Å². The molecule has 0 fully saturated rings. The van der Waals surface area contributed by atoms with Crippen LogP contribution >= 0.6 is 0 Å². The highest BCUT2D eigenvalue weighted by molar-refractivity contribution is 7.90. The van der Waals surface area contributed by atoms with Gasteiger partial charge in [0.05, 0.1) is 35.9 Å². The topological polar surface area (TPSA) is 128 Å². The van der Waals surface area contributed by atoms with E-state index in [2.05, 4.69) is 9.69 Å². The molecule has 38 heavy (non-hydrogen) atoms. The van der Waals surface area contributed by atoms with Crippen LogP contribution in [0.4, 0.5) is 0 Å². The Morgan fingerprint density at radius 2 is 1.45 bits per heavy atom. The van der Waals surface area contributed by atoms with E-state index in [0.717, 1.165) is 17.4 Å². The molecule has 3 aromatic rings. The van der Waals surface area contributed by atoms with Gasteiger partial charge in [0.1, 0.15) is 0 Å². The SMILES string of the molecule is [C-]#[N+]/C(C#N)=c1/c2c(/c(=C(\C#N)[N+]#[C-])c3c1-c1ccc(CS(=O)O)cc1C3)-c1ccc(S(C)(=O)=O)cc1C2. The second-order valence-electron chi connectivity index (χ2n) is 9.00. The number of rotatable bonds is 3. The molecule has 0 bridgehead atoms. The summed E-state index contributed by atoms with van der Waals surface area (Å²) < 4.78 is 45.2. The van der Waals surface area contributed by atoms with E-state index >= 15 is 0 Å². The molecule has 1 N–H and O–H groups in total. The molecule has 1 atom stereocenters. The molecule has 5 rings (SSSR count). The van der Waals surface area contributed by atoms with Crippen molar-refractivity contribution in [1.29, 1.82) is 10.5 Å². The first-order valence-electron chi connectivity index (χ1n) is 11.2. The van der Waals surface area contributed by atoms with Crippen LogP contribution in [0.3, 0.4) is 0 Å². The molecule has 0 amide bonds. The summed E-state index contributed by atoms with van der Waals surface area (Å²) >= 11 is -2.04. The fourth-order valence-electron chi connectivity index (χ4n) is 5.44. The Bertz CT molecular complexity index is 2020. The molecule has 1 unspecified atom stereocenters. The summed E-state index contributed by atoms with van der Waals surface area (Å²) in [5.74, 6) is -0.0644. The standard InChI is InChI=1S/C28H16N4O4S2/c1-31-23(12-29)27-21-10-16-8-15(14-37(33)34)4-6-19(16)25(21)28(24(13-30)32-2)22-11-17-9-18(38(3,35)36)5-7-20(17)26(22)27/h4-9H,10-11,14H2,3H3,(H,33,34)/b27-23+,28-24-. The molecule has 0 aliphatic heterocycles. The van der Waals surface area contributed by atoms with Crippen LogP contribution in [-0.4, -0.2) is 23.4 Å². The van der Waals surface area contributed by atoms with Gasteiger partial charge >= 0.3 is 0 Å². The normalized spacial score (nSPS) is 14.9. The van der Waals surface area contributed by atoms with E-state index in [4.69, 9.17) is 13.1 Å². The van der Waals surface area contributed by atoms with E-state index in [1.165, 1.54) is 6.07 Å². The zero-order chi connectivity index (χ0) is 27.4. The zero-order valence-corrected chi connectivity index (χ0v) is 21.5. The van der Waals surface area contributed by atoms with Gasteiger partial charge in [-0.25, -0.2) is 32.8 Å². The highest BCUT2D eigenvalue weighted by Crippen LogP contribution is 2.41. The van der Waals surface area contributed by atoms with Gasteiger partial charge in [-0.15, -0.1) is 0 Å². The monoisotopic (exact) mass is 536 g/mol. The van der Waals surface area contributed by atoms with Crippen molar-refractivity contribution in [3.8, 4) is 34.4 Å². The predicted molar refractivity (Wildman–Crippen MR) is 141 cm³/mol. The smallest absolute Gasteiger partial charge is 0.269 e. The molecule has 3 aromatic carbocycles. The van der Waals surface area contributed by atoms with Crippen LogP contribution in [-0.2, 0) is 39.5 Å². The van der Waals surface area contributed by atoms with E-state index in [-0.39, 0.29) is 28.5 Å². The van der Waals surface area contributed by atoms with Gasteiger partial charge in [-0.1, -0.05) is 24.3 Å². The molecule has 184 valence electrons. The summed E-state index contributed by atoms with van der Waals surface area (Å²) in [6, 6.07) is 14.0. The Labute approximate surface area is 221 Å². The highest BCUT2D eigenvalue weighted by Gasteiger charge is 2.32. The average Bonchev–Trinajstić information content (AvgIpc) is 3.43. The van der Waals surface area contributed by atoms with Crippen molar-refractivity contribution in [2.75, 3.05) is 6.26 Å². The first-order valence-corrected chi connectivity index (χ1v) is 14.3. The maximum atomic E-state index is 12.2. The Morgan fingerprint density at radius 3 is 1.89 bits per heavy atom. The number of nitriles is 2. The first-order chi connectivity index (χ1) is 18.1. The number of sulfone groups is 1. The molecule has 0 saturated heterocycles. The Balaban J connectivity index is 1.98. The van der Waals surface area contributed by atoms with Crippen LogP contribution < -0.4 is 10.4 Å². The average molecular weight is 537 g/mol. The third-order valence-corrected chi connectivity index (χ3v) is 8.54. The number of benzene rings is 3. The van der Waals surface area contributed by atoms with Crippen LogP contribution in [0, 0.1) is 35.8 Å². The van der Waals surface area contributed by atoms with Crippen molar-refractivity contribution in [2.45, 2.75) is 23.5 Å². The van der Waals surface area contributed by atoms with E-state index in [0.29, 0.717) is 55.8 Å². The zero-order valence-electron chi connectivity index (χ0n) is 19.9. The van der Waals surface area contributed by atoms with Gasteiger partial charge in [-0.05, 0) is 75.0 Å². The molecule has 0 heterocycles. The molecule has 0 saturated carbocycles. The third-order valence-electron chi connectivity index (χ3n) is 6.85. The lowest BCUT2D eigenvalue weighted by Crippen LogP contribution is -2.25. The minimum Gasteiger partial charge on any atom is -0.306 e. The van der Waals surface area contributed by atoms with E-state index in [1.807, 2.05) is 12.1 Å². The largest absolute Gasteiger partial charge is 0.306 e. The summed E-state index contributed by atoms with van der Waals surface area (Å²) in [4.78, 5) is 7.13. The maximum Gasteiger partial charge on any atom is 0.269 e. The van der Waals surface area contributed by atoms with Gasteiger partial charge in [-0.3, -0.25) is 0 Å². The fraction of sp³-hybridized carbons (Fsp3) is 0.143. The van der Waals surface area contributed by atoms with Gasteiger partial charge in [0.25, 0.3) is 11.4 Å². The lowest BCUT2D eigenvalue weighted by atomic mass is 9.90. The first kappa shape index (κ1) is 25.1.